The van der Waals surface area contributed by atoms with Gasteiger partial charge in [0, 0.05) is 12.0 Å². The Labute approximate surface area is 118 Å². The van der Waals surface area contributed by atoms with E-state index in [0.717, 1.165) is 18.2 Å². The summed E-state index contributed by atoms with van der Waals surface area (Å²) in [7, 11) is 0. The molecule has 0 fully saturated rings. The molecule has 0 bridgehead atoms. The van der Waals surface area contributed by atoms with Crippen LogP contribution in [0.3, 0.4) is 0 Å². The fourth-order valence-electron chi connectivity index (χ4n) is 2.73. The maximum atomic E-state index is 13.7. The van der Waals surface area contributed by atoms with Crippen LogP contribution in [0, 0.1) is 5.82 Å². The van der Waals surface area contributed by atoms with Gasteiger partial charge in [-0.15, -0.1) is 0 Å². The summed E-state index contributed by atoms with van der Waals surface area (Å²) in [4.78, 5) is 0. The maximum Gasteiger partial charge on any atom is 0.169 e. The lowest BCUT2D eigenvalue weighted by Crippen LogP contribution is -2.42. The van der Waals surface area contributed by atoms with Gasteiger partial charge in [-0.05, 0) is 31.9 Å². The first-order valence-electron chi connectivity index (χ1n) is 7.15. The Kier molecular flexibility index (Phi) is 4.45. The lowest BCUT2D eigenvalue weighted by Gasteiger charge is -2.36. The minimum Gasteiger partial charge on any atom is -0.456 e. The standard InChI is InChI=1S/C16H22FNO2/c1-4-16(5-2,19-6-3)15(18)13-10-11-8-7-9-12(17)14(11)20-13/h7-10,15H,4-6,18H2,1-3H3. The van der Waals surface area contributed by atoms with E-state index in [1.807, 2.05) is 32.9 Å². The Hall–Kier alpha value is -1.39. The van der Waals surface area contributed by atoms with Gasteiger partial charge in [-0.25, -0.2) is 4.39 Å². The lowest BCUT2D eigenvalue weighted by atomic mass is 9.87. The van der Waals surface area contributed by atoms with Crippen LogP contribution in [-0.2, 0) is 4.74 Å². The highest BCUT2D eigenvalue weighted by Gasteiger charge is 2.37. The Morgan fingerprint density at radius 2 is 2.00 bits per heavy atom. The number of hydrogen-bond acceptors (Lipinski definition) is 3. The molecular formula is C16H22FNO2. The van der Waals surface area contributed by atoms with E-state index in [9.17, 15) is 4.39 Å². The molecule has 0 amide bonds. The fourth-order valence-corrected chi connectivity index (χ4v) is 2.73. The van der Waals surface area contributed by atoms with Gasteiger partial charge in [0.1, 0.15) is 5.76 Å². The molecule has 0 saturated carbocycles. The molecule has 1 heterocycles. The molecular weight excluding hydrogens is 257 g/mol. The first-order chi connectivity index (χ1) is 9.57. The van der Waals surface area contributed by atoms with Crippen LogP contribution in [0.25, 0.3) is 11.0 Å². The van der Waals surface area contributed by atoms with E-state index in [2.05, 4.69) is 0 Å². The van der Waals surface area contributed by atoms with Crippen LogP contribution in [0.1, 0.15) is 45.4 Å². The number of nitrogens with two attached hydrogens (primary N) is 1. The summed E-state index contributed by atoms with van der Waals surface area (Å²) in [5, 5.41) is 0.730. The summed E-state index contributed by atoms with van der Waals surface area (Å²) in [6.07, 6.45) is 1.55. The van der Waals surface area contributed by atoms with Crippen molar-refractivity contribution < 1.29 is 13.5 Å². The van der Waals surface area contributed by atoms with Gasteiger partial charge in [0.05, 0.1) is 11.6 Å². The van der Waals surface area contributed by atoms with Gasteiger partial charge < -0.3 is 14.9 Å². The average Bonchev–Trinajstić information content (AvgIpc) is 2.89. The van der Waals surface area contributed by atoms with Crippen molar-refractivity contribution in [1.82, 2.24) is 0 Å². The van der Waals surface area contributed by atoms with E-state index in [-0.39, 0.29) is 11.4 Å². The minimum absolute atomic E-state index is 0.260. The molecule has 1 atom stereocenters. The first kappa shape index (κ1) is 15.0. The predicted octanol–water partition coefficient (Wildman–Crippen LogP) is 4.17. The van der Waals surface area contributed by atoms with Crippen LogP contribution in [0.2, 0.25) is 0 Å². The molecule has 1 unspecified atom stereocenters. The lowest BCUT2D eigenvalue weighted by molar-refractivity contribution is -0.0682. The van der Waals surface area contributed by atoms with Crippen LogP contribution < -0.4 is 5.73 Å². The number of ether oxygens (including phenoxy) is 1. The highest BCUT2D eigenvalue weighted by molar-refractivity contribution is 5.78. The summed E-state index contributed by atoms with van der Waals surface area (Å²) < 4.78 is 25.2. The monoisotopic (exact) mass is 279 g/mol. The zero-order valence-corrected chi connectivity index (χ0v) is 12.3. The molecule has 0 aliphatic carbocycles. The number of fused-ring (bicyclic) bond motifs is 1. The van der Waals surface area contributed by atoms with Crippen molar-refractivity contribution in [3.63, 3.8) is 0 Å². The van der Waals surface area contributed by atoms with Crippen molar-refractivity contribution in [2.75, 3.05) is 6.61 Å². The number of para-hydroxylation sites is 1. The van der Waals surface area contributed by atoms with E-state index < -0.39 is 11.6 Å². The van der Waals surface area contributed by atoms with Gasteiger partial charge in [0.2, 0.25) is 0 Å². The van der Waals surface area contributed by atoms with Crippen molar-refractivity contribution in [2.45, 2.75) is 45.3 Å². The smallest absolute Gasteiger partial charge is 0.169 e. The van der Waals surface area contributed by atoms with Crippen LogP contribution in [0.4, 0.5) is 4.39 Å². The van der Waals surface area contributed by atoms with Gasteiger partial charge >= 0.3 is 0 Å². The van der Waals surface area contributed by atoms with Crippen molar-refractivity contribution >= 4 is 11.0 Å². The Balaban J connectivity index is 2.43. The molecule has 20 heavy (non-hydrogen) atoms. The van der Waals surface area contributed by atoms with E-state index in [4.69, 9.17) is 14.9 Å². The van der Waals surface area contributed by atoms with Gasteiger partial charge in [0.15, 0.2) is 11.4 Å². The molecule has 0 saturated heterocycles. The molecule has 0 radical (unpaired) electrons. The van der Waals surface area contributed by atoms with E-state index in [1.54, 1.807) is 6.07 Å². The minimum atomic E-state index is -0.473. The van der Waals surface area contributed by atoms with Crippen molar-refractivity contribution in [2.24, 2.45) is 5.73 Å². The van der Waals surface area contributed by atoms with E-state index >= 15 is 0 Å². The van der Waals surface area contributed by atoms with Gasteiger partial charge in [-0.2, -0.15) is 0 Å². The number of furan rings is 1. The van der Waals surface area contributed by atoms with Gasteiger partial charge in [-0.3, -0.25) is 0 Å². The first-order valence-corrected chi connectivity index (χ1v) is 7.15. The summed E-state index contributed by atoms with van der Waals surface area (Å²) in [5.41, 5.74) is 6.14. The van der Waals surface area contributed by atoms with E-state index in [1.165, 1.54) is 6.07 Å². The largest absolute Gasteiger partial charge is 0.456 e. The predicted molar refractivity (Wildman–Crippen MR) is 78.0 cm³/mol. The normalized spacial score (nSPS) is 13.8. The fraction of sp³-hybridized carbons (Fsp3) is 0.500. The quantitative estimate of drug-likeness (QED) is 0.863. The van der Waals surface area contributed by atoms with Crippen LogP contribution in [-0.4, -0.2) is 12.2 Å². The highest BCUT2D eigenvalue weighted by atomic mass is 19.1. The Bertz CT molecular complexity index is 575. The maximum absolute atomic E-state index is 13.7. The Morgan fingerprint density at radius 3 is 2.55 bits per heavy atom. The molecule has 4 heteroatoms. The number of rotatable bonds is 6. The van der Waals surface area contributed by atoms with E-state index in [0.29, 0.717) is 12.4 Å². The van der Waals surface area contributed by atoms with Crippen molar-refractivity contribution in [1.29, 1.82) is 0 Å². The molecule has 0 aliphatic heterocycles. The van der Waals surface area contributed by atoms with Crippen LogP contribution >= 0.6 is 0 Å². The second-order valence-corrected chi connectivity index (χ2v) is 4.99. The SMILES string of the molecule is CCOC(CC)(CC)C(N)c1cc2cccc(F)c2o1. The zero-order valence-electron chi connectivity index (χ0n) is 12.3. The summed E-state index contributed by atoms with van der Waals surface area (Å²) in [6, 6.07) is 6.26. The van der Waals surface area contributed by atoms with Crippen molar-refractivity contribution in [3.05, 3.63) is 35.8 Å². The molecule has 2 rings (SSSR count). The second kappa shape index (κ2) is 5.94. The third-order valence-corrected chi connectivity index (χ3v) is 4.02. The topological polar surface area (TPSA) is 48.4 Å². The van der Waals surface area contributed by atoms with Crippen LogP contribution in [0.5, 0.6) is 0 Å². The molecule has 0 aliphatic rings. The Morgan fingerprint density at radius 1 is 1.30 bits per heavy atom. The second-order valence-electron chi connectivity index (χ2n) is 4.99. The molecule has 3 nitrogen and oxygen atoms in total. The van der Waals surface area contributed by atoms with Gasteiger partial charge in [-0.1, -0.05) is 26.0 Å². The number of halogens is 1. The highest BCUT2D eigenvalue weighted by Crippen LogP contribution is 2.36. The average molecular weight is 279 g/mol. The summed E-state index contributed by atoms with van der Waals surface area (Å²) in [5.74, 6) is 0.207. The molecule has 1 aromatic carbocycles. The summed E-state index contributed by atoms with van der Waals surface area (Å²) in [6.45, 7) is 6.62. The van der Waals surface area contributed by atoms with Crippen molar-refractivity contribution in [3.8, 4) is 0 Å². The number of hydrogen-bond donors (Lipinski definition) is 1. The van der Waals surface area contributed by atoms with Gasteiger partial charge in [0.25, 0.3) is 0 Å². The molecule has 1 aromatic heterocycles. The summed E-state index contributed by atoms with van der Waals surface area (Å²) >= 11 is 0. The molecule has 110 valence electrons. The molecule has 0 spiro atoms. The molecule has 2 N–H and O–H groups in total. The third-order valence-electron chi connectivity index (χ3n) is 4.02. The third kappa shape index (κ3) is 2.45. The van der Waals surface area contributed by atoms with Crippen LogP contribution in [0.15, 0.2) is 28.7 Å². The zero-order chi connectivity index (χ0) is 14.8. The molecule has 2 aromatic rings. The number of benzene rings is 1.